The van der Waals surface area contributed by atoms with Gasteiger partial charge in [0.1, 0.15) is 5.69 Å². The zero-order valence-electron chi connectivity index (χ0n) is 18.2. The fraction of sp³-hybridized carbons (Fsp3) is 0.435. The normalized spacial score (nSPS) is 18.1. The van der Waals surface area contributed by atoms with Crippen molar-refractivity contribution in [3.05, 3.63) is 63.7 Å². The molecule has 2 aromatic rings. The highest BCUT2D eigenvalue weighted by molar-refractivity contribution is 5.98. The second kappa shape index (κ2) is 9.01. The van der Waals surface area contributed by atoms with Crippen molar-refractivity contribution in [3.63, 3.8) is 0 Å². The highest BCUT2D eigenvalue weighted by Crippen LogP contribution is 2.37. The van der Waals surface area contributed by atoms with Gasteiger partial charge in [0, 0.05) is 44.5 Å². The fourth-order valence-electron chi connectivity index (χ4n) is 4.61. The largest absolute Gasteiger partial charge is 0.416 e. The molecule has 0 N–H and O–H groups in total. The number of nitrogens with zero attached hydrogens (tertiary/aromatic N) is 4. The number of nitro groups is 1. The average molecular weight is 462 g/mol. The zero-order chi connectivity index (χ0) is 23.8. The molecule has 2 aromatic carbocycles. The van der Waals surface area contributed by atoms with E-state index in [2.05, 4.69) is 0 Å². The molecule has 0 radical (unpaired) electrons. The molecule has 1 amide bonds. The lowest BCUT2D eigenvalue weighted by Gasteiger charge is -2.40. The molecule has 1 saturated heterocycles. The van der Waals surface area contributed by atoms with Gasteiger partial charge in [-0.3, -0.25) is 19.8 Å². The molecular formula is C23H25F3N4O3. The van der Waals surface area contributed by atoms with Crippen molar-refractivity contribution >= 4 is 23.0 Å². The quantitative estimate of drug-likeness (QED) is 0.506. The molecule has 2 aliphatic heterocycles. The number of anilines is 2. The number of benzene rings is 2. The number of hydrogen-bond acceptors (Lipinski definition) is 5. The number of hydrogen-bond donors (Lipinski definition) is 0. The zero-order valence-corrected chi connectivity index (χ0v) is 18.2. The van der Waals surface area contributed by atoms with Gasteiger partial charge >= 0.3 is 6.18 Å². The van der Waals surface area contributed by atoms with Crippen molar-refractivity contribution in [2.45, 2.75) is 32.0 Å². The first-order chi connectivity index (χ1) is 15.7. The van der Waals surface area contributed by atoms with E-state index in [4.69, 9.17) is 0 Å². The van der Waals surface area contributed by atoms with E-state index in [1.54, 1.807) is 4.90 Å². The van der Waals surface area contributed by atoms with Crippen molar-refractivity contribution in [2.75, 3.05) is 42.5 Å². The van der Waals surface area contributed by atoms with Gasteiger partial charge in [0.2, 0.25) is 5.91 Å². The van der Waals surface area contributed by atoms with E-state index < -0.39 is 22.4 Å². The Morgan fingerprint density at radius 1 is 1.03 bits per heavy atom. The SMILES string of the molecule is CC(C(=O)N1CCCc2ccccc21)N1CCN(c2ccc(C(F)(F)F)cc2[N+](=O)[O-])CC1. The van der Waals surface area contributed by atoms with Crippen LogP contribution in [0.15, 0.2) is 42.5 Å². The van der Waals surface area contributed by atoms with Crippen molar-refractivity contribution < 1.29 is 22.9 Å². The molecule has 0 aliphatic carbocycles. The number of halogens is 3. The Morgan fingerprint density at radius 3 is 2.39 bits per heavy atom. The van der Waals surface area contributed by atoms with Gasteiger partial charge < -0.3 is 9.80 Å². The van der Waals surface area contributed by atoms with E-state index in [1.807, 2.05) is 41.0 Å². The van der Waals surface area contributed by atoms with Gasteiger partial charge in [-0.2, -0.15) is 13.2 Å². The Balaban J connectivity index is 1.45. The predicted octanol–water partition coefficient (Wildman–Crippen LogP) is 4.10. The molecule has 1 unspecified atom stereocenters. The molecule has 4 rings (SSSR count). The summed E-state index contributed by atoms with van der Waals surface area (Å²) in [4.78, 5) is 29.5. The Kier molecular flexibility index (Phi) is 6.29. The van der Waals surface area contributed by atoms with E-state index in [0.29, 0.717) is 38.8 Å². The van der Waals surface area contributed by atoms with Crippen molar-refractivity contribution in [1.82, 2.24) is 4.90 Å². The number of aryl methyl sites for hydroxylation is 1. The molecule has 176 valence electrons. The standard InChI is InChI=1S/C23H25F3N4O3/c1-16(22(31)29-10-4-6-17-5-2-3-7-19(17)29)27-11-13-28(14-12-27)20-9-8-18(23(24,25)26)15-21(20)30(32)33/h2-3,5,7-9,15-16H,4,6,10-14H2,1H3. The third kappa shape index (κ3) is 4.66. The number of piperazine rings is 1. The van der Waals surface area contributed by atoms with Crippen LogP contribution in [0, 0.1) is 10.1 Å². The first-order valence-corrected chi connectivity index (χ1v) is 10.9. The monoisotopic (exact) mass is 462 g/mol. The number of rotatable bonds is 4. The summed E-state index contributed by atoms with van der Waals surface area (Å²) in [6.45, 7) is 4.22. The molecule has 1 atom stereocenters. The summed E-state index contributed by atoms with van der Waals surface area (Å²) in [5.41, 5.74) is 0.657. The van der Waals surface area contributed by atoms with Crippen LogP contribution < -0.4 is 9.80 Å². The Hall–Kier alpha value is -3.14. The minimum Gasteiger partial charge on any atom is -0.363 e. The molecule has 0 bridgehead atoms. The molecule has 7 nitrogen and oxygen atoms in total. The summed E-state index contributed by atoms with van der Waals surface area (Å²) in [6, 6.07) is 10.1. The molecule has 0 spiro atoms. The van der Waals surface area contributed by atoms with E-state index in [9.17, 15) is 28.1 Å². The predicted molar refractivity (Wildman–Crippen MR) is 118 cm³/mol. The van der Waals surface area contributed by atoms with Crippen LogP contribution in [-0.4, -0.2) is 54.5 Å². The summed E-state index contributed by atoms with van der Waals surface area (Å²) < 4.78 is 39.0. The molecule has 10 heteroatoms. The third-order valence-electron chi connectivity index (χ3n) is 6.44. The van der Waals surface area contributed by atoms with E-state index >= 15 is 0 Å². The second-order valence-corrected chi connectivity index (χ2v) is 8.38. The lowest BCUT2D eigenvalue weighted by molar-refractivity contribution is -0.384. The van der Waals surface area contributed by atoms with E-state index in [0.717, 1.165) is 36.2 Å². The number of carbonyl (C=O) groups is 1. The van der Waals surface area contributed by atoms with Gasteiger partial charge in [-0.05, 0) is 43.5 Å². The van der Waals surface area contributed by atoms with Crippen LogP contribution in [0.25, 0.3) is 0 Å². The molecule has 1 fully saturated rings. The number of para-hydroxylation sites is 1. The summed E-state index contributed by atoms with van der Waals surface area (Å²) in [6.07, 6.45) is -2.80. The highest BCUT2D eigenvalue weighted by Gasteiger charge is 2.35. The smallest absolute Gasteiger partial charge is 0.363 e. The topological polar surface area (TPSA) is 69.9 Å². The second-order valence-electron chi connectivity index (χ2n) is 8.38. The van der Waals surface area contributed by atoms with Crippen LogP contribution in [0.3, 0.4) is 0 Å². The van der Waals surface area contributed by atoms with E-state index in [1.165, 1.54) is 0 Å². The lowest BCUT2D eigenvalue weighted by Crippen LogP contribution is -2.55. The summed E-state index contributed by atoms with van der Waals surface area (Å²) in [5.74, 6) is 0.0103. The van der Waals surface area contributed by atoms with Gasteiger partial charge in [-0.25, -0.2) is 0 Å². The van der Waals surface area contributed by atoms with Crippen LogP contribution in [-0.2, 0) is 17.4 Å². The maximum Gasteiger partial charge on any atom is 0.416 e. The van der Waals surface area contributed by atoms with Gasteiger partial charge in [0.15, 0.2) is 0 Å². The van der Waals surface area contributed by atoms with Crippen molar-refractivity contribution in [2.24, 2.45) is 0 Å². The van der Waals surface area contributed by atoms with Gasteiger partial charge in [-0.15, -0.1) is 0 Å². The average Bonchev–Trinajstić information content (AvgIpc) is 2.82. The number of nitro benzene ring substituents is 1. The number of carbonyl (C=O) groups excluding carboxylic acids is 1. The summed E-state index contributed by atoms with van der Waals surface area (Å²) in [5, 5.41) is 11.4. The molecule has 0 aromatic heterocycles. The maximum atomic E-state index is 13.3. The highest BCUT2D eigenvalue weighted by atomic mass is 19.4. The maximum absolute atomic E-state index is 13.3. The van der Waals surface area contributed by atoms with Gasteiger partial charge in [0.25, 0.3) is 5.69 Å². The Labute approximate surface area is 189 Å². The number of alkyl halides is 3. The lowest BCUT2D eigenvalue weighted by atomic mass is 10.0. The minimum atomic E-state index is -4.65. The van der Waals surface area contributed by atoms with Crippen molar-refractivity contribution in [3.8, 4) is 0 Å². The first kappa shape index (κ1) is 23.0. The molecule has 2 heterocycles. The summed E-state index contributed by atoms with van der Waals surface area (Å²) in [7, 11) is 0. The Bertz CT molecular complexity index is 1050. The van der Waals surface area contributed by atoms with Crippen LogP contribution in [0.4, 0.5) is 30.2 Å². The van der Waals surface area contributed by atoms with E-state index in [-0.39, 0.29) is 17.6 Å². The number of amides is 1. The number of fused-ring (bicyclic) bond motifs is 1. The van der Waals surface area contributed by atoms with Gasteiger partial charge in [0.05, 0.1) is 16.5 Å². The van der Waals surface area contributed by atoms with Crippen LogP contribution >= 0.6 is 0 Å². The third-order valence-corrected chi connectivity index (χ3v) is 6.44. The first-order valence-electron chi connectivity index (χ1n) is 10.9. The molecule has 0 saturated carbocycles. The van der Waals surface area contributed by atoms with Crippen LogP contribution in [0.1, 0.15) is 24.5 Å². The Morgan fingerprint density at radius 2 is 1.73 bits per heavy atom. The molecular weight excluding hydrogens is 437 g/mol. The van der Waals surface area contributed by atoms with Gasteiger partial charge in [-0.1, -0.05) is 18.2 Å². The van der Waals surface area contributed by atoms with Crippen LogP contribution in [0.5, 0.6) is 0 Å². The minimum absolute atomic E-state index is 0.0103. The molecule has 2 aliphatic rings. The summed E-state index contributed by atoms with van der Waals surface area (Å²) >= 11 is 0. The fourth-order valence-corrected chi connectivity index (χ4v) is 4.61. The van der Waals surface area contributed by atoms with Crippen LogP contribution in [0.2, 0.25) is 0 Å². The van der Waals surface area contributed by atoms with Crippen molar-refractivity contribution in [1.29, 1.82) is 0 Å². The molecule has 33 heavy (non-hydrogen) atoms.